The van der Waals surface area contributed by atoms with Crippen LogP contribution in [0.2, 0.25) is 0 Å². The van der Waals surface area contributed by atoms with Gasteiger partial charge in [0.05, 0.1) is 6.04 Å². The average molecular weight is 311 g/mol. The smallest absolute Gasteiger partial charge is 0.240 e. The molecule has 0 aromatic heterocycles. The number of rotatable bonds is 2. The van der Waals surface area contributed by atoms with Gasteiger partial charge in [0.15, 0.2) is 0 Å². The average Bonchev–Trinajstić information content (AvgIpc) is 3.09. The van der Waals surface area contributed by atoms with Crippen molar-refractivity contribution in [2.45, 2.75) is 38.1 Å². The summed E-state index contributed by atoms with van der Waals surface area (Å²) in [4.78, 5) is 28.7. The number of carbonyl (C=O) groups excluding carboxylic acids is 2. The number of thioether (sulfide) groups is 1. The van der Waals surface area contributed by atoms with Crippen LogP contribution in [0, 0.1) is 5.92 Å². The Balaban J connectivity index is 1.48. The van der Waals surface area contributed by atoms with Crippen molar-refractivity contribution in [2.75, 3.05) is 37.8 Å². The molecule has 6 heteroatoms. The van der Waals surface area contributed by atoms with Crippen molar-refractivity contribution in [2.24, 2.45) is 5.92 Å². The van der Waals surface area contributed by atoms with E-state index in [0.29, 0.717) is 32.1 Å². The highest BCUT2D eigenvalue weighted by Gasteiger charge is 2.32. The maximum Gasteiger partial charge on any atom is 0.240 e. The summed E-state index contributed by atoms with van der Waals surface area (Å²) in [5.74, 6) is 2.53. The molecule has 0 aromatic rings. The van der Waals surface area contributed by atoms with Gasteiger partial charge in [0.2, 0.25) is 11.8 Å². The van der Waals surface area contributed by atoms with Gasteiger partial charge in [0.25, 0.3) is 0 Å². The van der Waals surface area contributed by atoms with E-state index in [4.69, 9.17) is 0 Å². The van der Waals surface area contributed by atoms with Gasteiger partial charge < -0.3 is 9.80 Å². The lowest BCUT2D eigenvalue weighted by molar-refractivity contribution is -0.143. The molecule has 1 atom stereocenters. The highest BCUT2D eigenvalue weighted by atomic mass is 32.2. The van der Waals surface area contributed by atoms with Crippen LogP contribution in [0.15, 0.2) is 0 Å². The number of carbonyl (C=O) groups is 2. The van der Waals surface area contributed by atoms with Crippen LogP contribution in [-0.2, 0) is 9.59 Å². The third-order valence-corrected chi connectivity index (χ3v) is 5.81. The van der Waals surface area contributed by atoms with Gasteiger partial charge >= 0.3 is 0 Å². The number of nitrogens with one attached hydrogen (secondary N) is 1. The van der Waals surface area contributed by atoms with Gasteiger partial charge in [-0.3, -0.25) is 14.9 Å². The molecule has 2 amide bonds. The Morgan fingerprint density at radius 2 is 1.52 bits per heavy atom. The van der Waals surface area contributed by atoms with Gasteiger partial charge in [-0.1, -0.05) is 19.3 Å². The minimum absolute atomic E-state index is 0.0180. The van der Waals surface area contributed by atoms with Gasteiger partial charge in [-0.05, 0) is 12.8 Å². The van der Waals surface area contributed by atoms with Gasteiger partial charge in [-0.2, -0.15) is 0 Å². The maximum atomic E-state index is 12.5. The lowest BCUT2D eigenvalue weighted by Gasteiger charge is -2.38. The van der Waals surface area contributed by atoms with Gasteiger partial charge in [-0.25, -0.2) is 0 Å². The zero-order chi connectivity index (χ0) is 14.7. The number of hydrogen-bond acceptors (Lipinski definition) is 4. The van der Waals surface area contributed by atoms with E-state index in [0.717, 1.165) is 24.5 Å². The molecule has 5 nitrogen and oxygen atoms in total. The Morgan fingerprint density at radius 3 is 2.10 bits per heavy atom. The first kappa shape index (κ1) is 15.2. The Kier molecular flexibility index (Phi) is 5.06. The molecular weight excluding hydrogens is 286 g/mol. The summed E-state index contributed by atoms with van der Waals surface area (Å²) in [7, 11) is 0. The van der Waals surface area contributed by atoms with Crippen molar-refractivity contribution >= 4 is 23.6 Å². The summed E-state index contributed by atoms with van der Waals surface area (Å²) >= 11 is 1.78. The van der Waals surface area contributed by atoms with Crippen LogP contribution in [0.25, 0.3) is 0 Å². The van der Waals surface area contributed by atoms with Gasteiger partial charge in [0, 0.05) is 43.7 Å². The summed E-state index contributed by atoms with van der Waals surface area (Å²) in [5, 5.41) is 3.23. The van der Waals surface area contributed by atoms with Crippen LogP contribution in [0.4, 0.5) is 0 Å². The van der Waals surface area contributed by atoms with Crippen LogP contribution in [-0.4, -0.2) is 65.5 Å². The molecule has 0 aromatic carbocycles. The SMILES string of the molecule is O=C(C1CCCCC1)N1CCN(C(=O)C2CSCN2)CC1. The molecule has 118 valence electrons. The summed E-state index contributed by atoms with van der Waals surface area (Å²) in [6.07, 6.45) is 5.78. The molecule has 2 heterocycles. The van der Waals surface area contributed by atoms with E-state index in [1.165, 1.54) is 19.3 Å². The minimum atomic E-state index is -0.0180. The van der Waals surface area contributed by atoms with E-state index in [2.05, 4.69) is 5.32 Å². The second kappa shape index (κ2) is 7.01. The van der Waals surface area contributed by atoms with Crippen molar-refractivity contribution in [3.05, 3.63) is 0 Å². The van der Waals surface area contributed by atoms with Crippen LogP contribution >= 0.6 is 11.8 Å². The lowest BCUT2D eigenvalue weighted by atomic mass is 9.88. The van der Waals surface area contributed by atoms with E-state index in [1.807, 2.05) is 9.80 Å². The molecule has 1 aliphatic carbocycles. The van der Waals surface area contributed by atoms with E-state index in [-0.39, 0.29) is 17.9 Å². The van der Waals surface area contributed by atoms with Crippen molar-refractivity contribution in [3.8, 4) is 0 Å². The summed E-state index contributed by atoms with van der Waals surface area (Å²) < 4.78 is 0. The topological polar surface area (TPSA) is 52.7 Å². The third kappa shape index (κ3) is 3.54. The van der Waals surface area contributed by atoms with E-state index in [1.54, 1.807) is 11.8 Å². The predicted octanol–water partition coefficient (Wildman–Crippen LogP) is 0.900. The van der Waals surface area contributed by atoms with E-state index >= 15 is 0 Å². The molecule has 21 heavy (non-hydrogen) atoms. The predicted molar refractivity (Wildman–Crippen MR) is 84.0 cm³/mol. The van der Waals surface area contributed by atoms with Crippen molar-refractivity contribution in [3.63, 3.8) is 0 Å². The lowest BCUT2D eigenvalue weighted by Crippen LogP contribution is -2.55. The Morgan fingerprint density at radius 1 is 0.905 bits per heavy atom. The number of nitrogens with zero attached hydrogens (tertiary/aromatic N) is 2. The van der Waals surface area contributed by atoms with Crippen LogP contribution in [0.3, 0.4) is 0 Å². The molecule has 1 N–H and O–H groups in total. The molecule has 2 saturated heterocycles. The maximum absolute atomic E-state index is 12.5. The monoisotopic (exact) mass is 311 g/mol. The molecule has 1 saturated carbocycles. The Labute approximate surface area is 130 Å². The molecule has 0 spiro atoms. The quantitative estimate of drug-likeness (QED) is 0.823. The summed E-state index contributed by atoms with van der Waals surface area (Å²) in [5.41, 5.74) is 0. The van der Waals surface area contributed by atoms with E-state index in [9.17, 15) is 9.59 Å². The fraction of sp³-hybridized carbons (Fsp3) is 0.867. The molecular formula is C15H25N3O2S. The Hall–Kier alpha value is -0.750. The van der Waals surface area contributed by atoms with Crippen molar-refractivity contribution < 1.29 is 9.59 Å². The first-order valence-corrected chi connectivity index (χ1v) is 9.30. The standard InChI is InChI=1S/C15H25N3O2S/c19-14(12-4-2-1-3-5-12)17-6-8-18(9-7-17)15(20)13-10-21-11-16-13/h12-13,16H,1-11H2. The zero-order valence-electron chi connectivity index (χ0n) is 12.6. The highest BCUT2D eigenvalue weighted by molar-refractivity contribution is 7.99. The third-order valence-electron chi connectivity index (χ3n) is 4.87. The zero-order valence-corrected chi connectivity index (χ0v) is 13.4. The molecule has 3 aliphatic rings. The second-order valence-corrected chi connectivity index (χ2v) is 7.29. The van der Waals surface area contributed by atoms with Crippen molar-refractivity contribution in [1.82, 2.24) is 15.1 Å². The van der Waals surface area contributed by atoms with Crippen LogP contribution in [0.1, 0.15) is 32.1 Å². The fourth-order valence-electron chi connectivity index (χ4n) is 3.53. The molecule has 3 rings (SSSR count). The summed E-state index contributed by atoms with van der Waals surface area (Å²) in [6.45, 7) is 2.81. The fourth-order valence-corrected chi connectivity index (χ4v) is 4.46. The number of amides is 2. The molecule has 0 radical (unpaired) electrons. The molecule has 1 unspecified atom stereocenters. The highest BCUT2D eigenvalue weighted by Crippen LogP contribution is 2.26. The first-order chi connectivity index (χ1) is 10.3. The minimum Gasteiger partial charge on any atom is -0.339 e. The largest absolute Gasteiger partial charge is 0.339 e. The van der Waals surface area contributed by atoms with Crippen molar-refractivity contribution in [1.29, 1.82) is 0 Å². The molecule has 0 bridgehead atoms. The normalized spacial score (nSPS) is 27.9. The molecule has 2 aliphatic heterocycles. The Bertz CT molecular complexity index is 384. The van der Waals surface area contributed by atoms with Gasteiger partial charge in [0.1, 0.15) is 0 Å². The second-order valence-electron chi connectivity index (χ2n) is 6.26. The summed E-state index contributed by atoms with van der Waals surface area (Å²) in [6, 6.07) is -0.0180. The van der Waals surface area contributed by atoms with Crippen LogP contribution < -0.4 is 5.32 Å². The van der Waals surface area contributed by atoms with Crippen LogP contribution in [0.5, 0.6) is 0 Å². The molecule has 3 fully saturated rings. The number of hydrogen-bond donors (Lipinski definition) is 1. The first-order valence-electron chi connectivity index (χ1n) is 8.14. The number of piperazine rings is 1. The van der Waals surface area contributed by atoms with E-state index < -0.39 is 0 Å². The van der Waals surface area contributed by atoms with Gasteiger partial charge in [-0.15, -0.1) is 11.8 Å².